The Hall–Kier alpha value is -2.93. The molecule has 28 heavy (non-hydrogen) atoms. The summed E-state index contributed by atoms with van der Waals surface area (Å²) < 4.78 is 10.5. The van der Waals surface area contributed by atoms with Crippen molar-refractivity contribution in [3.63, 3.8) is 0 Å². The molecule has 0 spiro atoms. The fourth-order valence-electron chi connectivity index (χ4n) is 2.76. The summed E-state index contributed by atoms with van der Waals surface area (Å²) in [5.41, 5.74) is 2.99. The van der Waals surface area contributed by atoms with Crippen molar-refractivity contribution in [3.8, 4) is 11.5 Å². The number of amides is 1. The van der Waals surface area contributed by atoms with Crippen LogP contribution in [0.25, 0.3) is 0 Å². The first-order valence-corrected chi connectivity index (χ1v) is 9.85. The van der Waals surface area contributed by atoms with Gasteiger partial charge in [-0.15, -0.1) is 11.3 Å². The molecular weight excluding hydrogens is 374 g/mol. The van der Waals surface area contributed by atoms with E-state index in [0.29, 0.717) is 18.0 Å². The highest BCUT2D eigenvalue weighted by Gasteiger charge is 2.09. The lowest BCUT2D eigenvalue weighted by Gasteiger charge is -2.10. The predicted octanol–water partition coefficient (Wildman–Crippen LogP) is 3.20. The van der Waals surface area contributed by atoms with E-state index in [1.165, 1.54) is 5.56 Å². The van der Waals surface area contributed by atoms with E-state index in [0.717, 1.165) is 29.1 Å². The summed E-state index contributed by atoms with van der Waals surface area (Å²) in [6, 6.07) is 9.61. The van der Waals surface area contributed by atoms with Gasteiger partial charge in [-0.05, 0) is 41.8 Å². The molecule has 2 aromatic heterocycles. The summed E-state index contributed by atoms with van der Waals surface area (Å²) >= 11 is 1.60. The number of nitrogens with zero attached hydrogens (tertiary/aromatic N) is 2. The topological polar surface area (TPSA) is 73.3 Å². The third-order valence-corrected chi connectivity index (χ3v) is 5.21. The number of methoxy groups -OCH3 is 2. The summed E-state index contributed by atoms with van der Waals surface area (Å²) in [7, 11) is 3.19. The van der Waals surface area contributed by atoms with Crippen LogP contribution in [0.4, 0.5) is 0 Å². The molecule has 0 atom stereocenters. The smallest absolute Gasteiger partial charge is 0.226 e. The molecule has 0 aliphatic heterocycles. The molecule has 7 heteroatoms. The van der Waals surface area contributed by atoms with E-state index in [-0.39, 0.29) is 12.3 Å². The van der Waals surface area contributed by atoms with E-state index < -0.39 is 0 Å². The lowest BCUT2D eigenvalue weighted by Crippen LogP contribution is -2.24. The number of hydrogen-bond acceptors (Lipinski definition) is 6. The number of aromatic nitrogens is 2. The second kappa shape index (κ2) is 9.85. The van der Waals surface area contributed by atoms with E-state index in [9.17, 15) is 4.79 Å². The van der Waals surface area contributed by atoms with Crippen molar-refractivity contribution in [2.24, 2.45) is 0 Å². The number of rotatable bonds is 9. The third-order valence-electron chi connectivity index (χ3n) is 4.26. The lowest BCUT2D eigenvalue weighted by atomic mass is 10.1. The molecule has 6 nitrogen and oxygen atoms in total. The Morgan fingerprint density at radius 1 is 1.04 bits per heavy atom. The third kappa shape index (κ3) is 5.53. The molecule has 1 amide bonds. The highest BCUT2D eigenvalue weighted by molar-refractivity contribution is 7.09. The molecule has 0 saturated heterocycles. The number of pyridine rings is 1. The highest BCUT2D eigenvalue weighted by Crippen LogP contribution is 2.27. The fourth-order valence-corrected chi connectivity index (χ4v) is 3.56. The largest absolute Gasteiger partial charge is 0.493 e. The van der Waals surface area contributed by atoms with Crippen molar-refractivity contribution in [2.75, 3.05) is 14.2 Å². The van der Waals surface area contributed by atoms with Gasteiger partial charge < -0.3 is 14.8 Å². The Kier molecular flexibility index (Phi) is 6.97. The summed E-state index contributed by atoms with van der Waals surface area (Å²) in [5.74, 6) is 1.26. The molecule has 3 rings (SSSR count). The van der Waals surface area contributed by atoms with Gasteiger partial charge >= 0.3 is 0 Å². The summed E-state index contributed by atoms with van der Waals surface area (Å²) in [6.45, 7) is 0.429. The van der Waals surface area contributed by atoms with E-state index in [1.54, 1.807) is 38.0 Å². The number of nitrogens with one attached hydrogen (secondary N) is 1. The minimum absolute atomic E-state index is 0.0548. The number of ether oxygens (including phenoxy) is 2. The van der Waals surface area contributed by atoms with E-state index in [1.807, 2.05) is 35.7 Å². The fraction of sp³-hybridized carbons (Fsp3) is 0.286. The van der Waals surface area contributed by atoms with Gasteiger partial charge in [0.05, 0.1) is 31.3 Å². The summed E-state index contributed by atoms with van der Waals surface area (Å²) in [4.78, 5) is 20.8. The van der Waals surface area contributed by atoms with Crippen molar-refractivity contribution in [1.82, 2.24) is 15.3 Å². The molecule has 0 fully saturated rings. The zero-order chi connectivity index (χ0) is 19.8. The SMILES string of the molecule is COc1ccc(CNC(=O)Cc2csc(CCc3ccncc3)n2)cc1OC. The van der Waals surface area contributed by atoms with Gasteiger partial charge in [-0.2, -0.15) is 0 Å². The van der Waals surface area contributed by atoms with Gasteiger partial charge in [-0.3, -0.25) is 9.78 Å². The number of carbonyl (C=O) groups excluding carboxylic acids is 1. The maximum atomic E-state index is 12.2. The predicted molar refractivity (Wildman–Crippen MR) is 109 cm³/mol. The zero-order valence-electron chi connectivity index (χ0n) is 16.0. The number of aryl methyl sites for hydroxylation is 2. The van der Waals surface area contributed by atoms with E-state index in [2.05, 4.69) is 15.3 Å². The molecule has 1 N–H and O–H groups in total. The Morgan fingerprint density at radius 2 is 1.82 bits per heavy atom. The number of benzene rings is 1. The maximum Gasteiger partial charge on any atom is 0.226 e. The van der Waals surface area contributed by atoms with Crippen molar-refractivity contribution in [2.45, 2.75) is 25.8 Å². The second-order valence-corrected chi connectivity index (χ2v) is 7.17. The molecule has 0 radical (unpaired) electrons. The molecule has 0 saturated carbocycles. The Bertz CT molecular complexity index is 912. The Balaban J connectivity index is 1.48. The van der Waals surface area contributed by atoms with Crippen LogP contribution < -0.4 is 14.8 Å². The van der Waals surface area contributed by atoms with Crippen LogP contribution >= 0.6 is 11.3 Å². The molecular formula is C21H23N3O3S. The summed E-state index contributed by atoms with van der Waals surface area (Å²) in [6.07, 6.45) is 5.65. The first-order valence-electron chi connectivity index (χ1n) is 8.97. The molecule has 3 aromatic rings. The van der Waals surface area contributed by atoms with Gasteiger partial charge in [0, 0.05) is 30.7 Å². The van der Waals surface area contributed by atoms with Crippen LogP contribution in [-0.4, -0.2) is 30.1 Å². The molecule has 2 heterocycles. The van der Waals surface area contributed by atoms with Crippen molar-refractivity contribution >= 4 is 17.2 Å². The average molecular weight is 398 g/mol. The maximum absolute atomic E-state index is 12.2. The van der Waals surface area contributed by atoms with Crippen LogP contribution in [0.3, 0.4) is 0 Å². The van der Waals surface area contributed by atoms with Crippen LogP contribution in [-0.2, 0) is 30.6 Å². The molecule has 0 unspecified atom stereocenters. The van der Waals surface area contributed by atoms with Gasteiger partial charge in [0.2, 0.25) is 5.91 Å². The van der Waals surface area contributed by atoms with Gasteiger partial charge in [0.1, 0.15) is 0 Å². The van der Waals surface area contributed by atoms with Gasteiger partial charge in [0.15, 0.2) is 11.5 Å². The quantitative estimate of drug-likeness (QED) is 0.600. The Labute approximate surface area is 168 Å². The summed E-state index contributed by atoms with van der Waals surface area (Å²) in [5, 5.41) is 5.92. The van der Waals surface area contributed by atoms with Crippen LogP contribution in [0.2, 0.25) is 0 Å². The first-order chi connectivity index (χ1) is 13.7. The van der Waals surface area contributed by atoms with Crippen LogP contribution in [0.5, 0.6) is 11.5 Å². The molecule has 0 aliphatic carbocycles. The van der Waals surface area contributed by atoms with Crippen LogP contribution in [0.1, 0.15) is 21.8 Å². The van der Waals surface area contributed by atoms with Gasteiger partial charge in [-0.25, -0.2) is 4.98 Å². The number of thiazole rings is 1. The van der Waals surface area contributed by atoms with Gasteiger partial charge in [-0.1, -0.05) is 6.07 Å². The second-order valence-electron chi connectivity index (χ2n) is 6.23. The monoisotopic (exact) mass is 397 g/mol. The molecule has 1 aromatic carbocycles. The van der Waals surface area contributed by atoms with E-state index in [4.69, 9.17) is 9.47 Å². The van der Waals surface area contributed by atoms with E-state index >= 15 is 0 Å². The minimum atomic E-state index is -0.0548. The van der Waals surface area contributed by atoms with Gasteiger partial charge in [0.25, 0.3) is 0 Å². The zero-order valence-corrected chi connectivity index (χ0v) is 16.8. The normalized spacial score (nSPS) is 10.5. The lowest BCUT2D eigenvalue weighted by molar-refractivity contribution is -0.120. The van der Waals surface area contributed by atoms with Crippen LogP contribution in [0.15, 0.2) is 48.1 Å². The molecule has 0 aliphatic rings. The van der Waals surface area contributed by atoms with Crippen molar-refractivity contribution in [1.29, 1.82) is 0 Å². The minimum Gasteiger partial charge on any atom is -0.493 e. The number of hydrogen-bond donors (Lipinski definition) is 1. The number of carbonyl (C=O) groups is 1. The molecule has 0 bridgehead atoms. The van der Waals surface area contributed by atoms with Crippen LogP contribution in [0, 0.1) is 0 Å². The van der Waals surface area contributed by atoms with Crippen molar-refractivity contribution < 1.29 is 14.3 Å². The van der Waals surface area contributed by atoms with Crippen molar-refractivity contribution in [3.05, 3.63) is 69.9 Å². The first kappa shape index (κ1) is 19.8. The standard InChI is InChI=1S/C21H23N3O3S/c1-26-18-5-3-16(11-19(18)27-2)13-23-20(25)12-17-14-28-21(24-17)6-4-15-7-9-22-10-8-15/h3,5,7-11,14H,4,6,12-13H2,1-2H3,(H,23,25). The average Bonchev–Trinajstić information content (AvgIpc) is 3.18. The molecule has 146 valence electrons. The Morgan fingerprint density at radius 3 is 2.57 bits per heavy atom. The highest BCUT2D eigenvalue weighted by atomic mass is 32.1.